The van der Waals surface area contributed by atoms with Crippen molar-refractivity contribution >= 4 is 19.8 Å². The zero-order valence-corrected chi connectivity index (χ0v) is 65.7. The molecule has 0 bridgehead atoms. The summed E-state index contributed by atoms with van der Waals surface area (Å²) in [5.74, 6) is -0.807. The third kappa shape index (κ3) is 80.9. The Morgan fingerprint density at radius 3 is 0.885 bits per heavy atom. The molecular formula is C86H164NO8P. The van der Waals surface area contributed by atoms with Gasteiger partial charge in [-0.15, -0.1) is 0 Å². The standard InChI is InChI=1S/C86H164NO8P/c1-6-8-10-12-14-16-18-20-22-24-26-28-30-32-34-36-38-40-41-42-43-44-45-47-48-50-52-54-56-58-60-62-64-66-68-70-72-74-76-78-85(88)92-82-84(83-94-96(90,91)93-81-80-87(3,4)5)95-86(89)79-77-75-73-71-69-67-65-63-61-59-57-55-53-51-49-46-39-37-35-33-31-29-27-25-23-21-19-17-15-13-11-9-7-2/h9,11,15,17,21,23,27,29,84H,6-8,10,12-14,16,18-20,22,24-26,28,30-83H2,1-5H3/b11-9-,17-15-,23-21-,29-27-. The van der Waals surface area contributed by atoms with Gasteiger partial charge in [0, 0.05) is 12.8 Å². The van der Waals surface area contributed by atoms with Crippen LogP contribution >= 0.6 is 7.82 Å². The van der Waals surface area contributed by atoms with Crippen LogP contribution in [-0.4, -0.2) is 70.0 Å². The lowest BCUT2D eigenvalue weighted by molar-refractivity contribution is -0.870. The number of hydrogen-bond donors (Lipinski definition) is 0. The number of ether oxygens (including phenoxy) is 2. The van der Waals surface area contributed by atoms with E-state index in [2.05, 4.69) is 62.5 Å². The van der Waals surface area contributed by atoms with E-state index in [0.29, 0.717) is 17.4 Å². The fourth-order valence-corrected chi connectivity index (χ4v) is 13.7. The molecule has 0 aromatic heterocycles. The predicted octanol–water partition coefficient (Wildman–Crippen LogP) is 27.7. The van der Waals surface area contributed by atoms with Crippen LogP contribution in [0.1, 0.15) is 438 Å². The molecule has 96 heavy (non-hydrogen) atoms. The average molecular weight is 1370 g/mol. The number of carbonyl (C=O) groups excluding carboxylic acids is 2. The molecule has 0 rings (SSSR count). The summed E-state index contributed by atoms with van der Waals surface area (Å²) in [5, 5.41) is 0. The molecule has 566 valence electrons. The second kappa shape index (κ2) is 77.1. The molecule has 10 heteroatoms. The monoisotopic (exact) mass is 1370 g/mol. The van der Waals surface area contributed by atoms with Crippen LogP contribution in [0, 0.1) is 0 Å². The number of esters is 2. The van der Waals surface area contributed by atoms with E-state index in [4.69, 9.17) is 18.5 Å². The average Bonchev–Trinajstić information content (AvgIpc) is 1.48. The van der Waals surface area contributed by atoms with Gasteiger partial charge in [-0.05, 0) is 51.4 Å². The minimum absolute atomic E-state index is 0.0277. The van der Waals surface area contributed by atoms with E-state index in [0.717, 1.165) is 57.8 Å². The number of hydrogen-bond acceptors (Lipinski definition) is 8. The Labute approximate surface area is 598 Å². The van der Waals surface area contributed by atoms with E-state index in [9.17, 15) is 19.0 Å². The summed E-state index contributed by atoms with van der Waals surface area (Å²) >= 11 is 0. The molecule has 0 aliphatic rings. The number of unbranched alkanes of at least 4 members (excludes halogenated alkanes) is 58. The largest absolute Gasteiger partial charge is 0.756 e. The molecule has 0 aromatic rings. The van der Waals surface area contributed by atoms with Crippen molar-refractivity contribution in [2.45, 2.75) is 444 Å². The van der Waals surface area contributed by atoms with E-state index < -0.39 is 26.5 Å². The first-order valence-electron chi connectivity index (χ1n) is 42.3. The van der Waals surface area contributed by atoms with Crippen molar-refractivity contribution in [2.24, 2.45) is 0 Å². The Bertz CT molecular complexity index is 1760. The highest BCUT2D eigenvalue weighted by molar-refractivity contribution is 7.45. The number of carbonyl (C=O) groups is 2. The Hall–Kier alpha value is -2.03. The maximum Gasteiger partial charge on any atom is 0.306 e. The zero-order chi connectivity index (χ0) is 69.7. The van der Waals surface area contributed by atoms with Crippen molar-refractivity contribution in [3.63, 3.8) is 0 Å². The zero-order valence-electron chi connectivity index (χ0n) is 64.9. The highest BCUT2D eigenvalue weighted by Crippen LogP contribution is 2.38. The molecule has 0 aliphatic heterocycles. The summed E-state index contributed by atoms with van der Waals surface area (Å²) in [6.07, 6.45) is 103. The minimum atomic E-state index is -4.64. The maximum absolute atomic E-state index is 12.9. The van der Waals surface area contributed by atoms with Crippen molar-refractivity contribution in [3.05, 3.63) is 48.6 Å². The molecule has 9 nitrogen and oxygen atoms in total. The lowest BCUT2D eigenvalue weighted by Gasteiger charge is -2.28. The number of nitrogens with zero attached hydrogens (tertiary/aromatic N) is 1. The number of phosphoric ester groups is 1. The van der Waals surface area contributed by atoms with Crippen molar-refractivity contribution in [3.8, 4) is 0 Å². The van der Waals surface area contributed by atoms with Gasteiger partial charge in [-0.3, -0.25) is 14.2 Å². The van der Waals surface area contributed by atoms with Crippen LogP contribution in [0.4, 0.5) is 0 Å². The molecule has 0 aromatic carbocycles. The fraction of sp³-hybridized carbons (Fsp3) is 0.884. The highest BCUT2D eigenvalue weighted by Gasteiger charge is 2.22. The van der Waals surface area contributed by atoms with E-state index >= 15 is 0 Å². The third-order valence-electron chi connectivity index (χ3n) is 19.4. The van der Waals surface area contributed by atoms with E-state index in [1.54, 1.807) is 0 Å². The molecule has 0 saturated heterocycles. The van der Waals surface area contributed by atoms with Crippen molar-refractivity contribution in [2.75, 3.05) is 47.5 Å². The topological polar surface area (TPSA) is 111 Å². The summed E-state index contributed by atoms with van der Waals surface area (Å²) in [5.41, 5.74) is 0. The molecule has 0 N–H and O–H groups in total. The minimum Gasteiger partial charge on any atom is -0.756 e. The number of phosphoric acid groups is 1. The SMILES string of the molecule is CC/C=C\C/C=C\C/C=C\C/C=C\CCCCCCCCCCCCCCCCCCCCCCC(=O)OC(COC(=O)CCCCCCCCCCCCCCCCCCCCCCCCCCCCCCCCCCCCCCCCC)COP(=O)([O-])OCC[N+](C)(C)C. The summed E-state index contributed by atoms with van der Waals surface area (Å²) in [4.78, 5) is 38.2. The predicted molar refractivity (Wildman–Crippen MR) is 416 cm³/mol. The maximum atomic E-state index is 12.9. The van der Waals surface area contributed by atoms with Crippen LogP contribution in [0.5, 0.6) is 0 Å². The van der Waals surface area contributed by atoms with Gasteiger partial charge in [0.05, 0.1) is 27.7 Å². The summed E-state index contributed by atoms with van der Waals surface area (Å²) in [7, 11) is 1.19. The molecular weight excluding hydrogens is 1210 g/mol. The Morgan fingerprint density at radius 2 is 0.594 bits per heavy atom. The van der Waals surface area contributed by atoms with E-state index in [1.165, 1.54) is 347 Å². The van der Waals surface area contributed by atoms with Crippen molar-refractivity contribution in [1.82, 2.24) is 0 Å². The van der Waals surface area contributed by atoms with Crippen LogP contribution < -0.4 is 4.89 Å². The third-order valence-corrected chi connectivity index (χ3v) is 20.3. The Morgan fingerprint density at radius 1 is 0.333 bits per heavy atom. The second-order valence-corrected chi connectivity index (χ2v) is 31.6. The lowest BCUT2D eigenvalue weighted by Crippen LogP contribution is -2.37. The van der Waals surface area contributed by atoms with E-state index in [-0.39, 0.29) is 32.0 Å². The lowest BCUT2D eigenvalue weighted by atomic mass is 10.0. The molecule has 0 saturated carbocycles. The molecule has 0 heterocycles. The first-order valence-corrected chi connectivity index (χ1v) is 43.8. The quantitative estimate of drug-likeness (QED) is 0.0195. The highest BCUT2D eigenvalue weighted by atomic mass is 31.2. The first kappa shape index (κ1) is 94.0. The van der Waals surface area contributed by atoms with Crippen molar-refractivity contribution in [1.29, 1.82) is 0 Å². The number of rotatable bonds is 80. The van der Waals surface area contributed by atoms with Gasteiger partial charge in [-0.1, -0.05) is 422 Å². The fourth-order valence-electron chi connectivity index (χ4n) is 13.0. The van der Waals surface area contributed by atoms with Crippen LogP contribution in [0.15, 0.2) is 48.6 Å². The van der Waals surface area contributed by atoms with Gasteiger partial charge >= 0.3 is 11.9 Å². The van der Waals surface area contributed by atoms with Gasteiger partial charge in [-0.25, -0.2) is 0 Å². The first-order chi connectivity index (χ1) is 47.0. The van der Waals surface area contributed by atoms with Crippen LogP contribution in [0.25, 0.3) is 0 Å². The molecule has 2 unspecified atom stereocenters. The molecule has 0 amide bonds. The van der Waals surface area contributed by atoms with Gasteiger partial charge in [0.25, 0.3) is 7.82 Å². The van der Waals surface area contributed by atoms with Crippen LogP contribution in [0.2, 0.25) is 0 Å². The van der Waals surface area contributed by atoms with Gasteiger partial charge in [0.15, 0.2) is 6.10 Å². The number of likely N-dealkylation sites (N-methyl/N-ethyl adjacent to an activating group) is 1. The van der Waals surface area contributed by atoms with Gasteiger partial charge in [-0.2, -0.15) is 0 Å². The molecule has 2 atom stereocenters. The molecule has 0 aliphatic carbocycles. The normalized spacial score (nSPS) is 13.2. The molecule has 0 fully saturated rings. The number of quaternary nitrogens is 1. The Balaban J connectivity index is 3.86. The van der Waals surface area contributed by atoms with Gasteiger partial charge < -0.3 is 27.9 Å². The second-order valence-electron chi connectivity index (χ2n) is 30.2. The molecule has 0 spiro atoms. The van der Waals surface area contributed by atoms with Crippen molar-refractivity contribution < 1.29 is 42.1 Å². The smallest absolute Gasteiger partial charge is 0.306 e. The van der Waals surface area contributed by atoms with Crippen LogP contribution in [-0.2, 0) is 32.7 Å². The van der Waals surface area contributed by atoms with Gasteiger partial charge in [0.1, 0.15) is 19.8 Å². The van der Waals surface area contributed by atoms with Crippen LogP contribution in [0.3, 0.4) is 0 Å². The number of allylic oxidation sites excluding steroid dienone is 8. The summed E-state index contributed by atoms with van der Waals surface area (Å²) < 4.78 is 34.5. The summed E-state index contributed by atoms with van der Waals surface area (Å²) in [6.45, 7) is 4.21. The summed E-state index contributed by atoms with van der Waals surface area (Å²) in [6, 6.07) is 0. The van der Waals surface area contributed by atoms with Gasteiger partial charge in [0.2, 0.25) is 0 Å². The molecule has 0 radical (unpaired) electrons. The van der Waals surface area contributed by atoms with E-state index in [1.807, 2.05) is 21.1 Å². The Kier molecular flexibility index (Phi) is 75.5.